The van der Waals surface area contributed by atoms with E-state index in [0.29, 0.717) is 12.1 Å². The Morgan fingerprint density at radius 2 is 1.67 bits per heavy atom. The zero-order chi connectivity index (χ0) is 20.2. The highest BCUT2D eigenvalue weighted by molar-refractivity contribution is 7.80. The van der Waals surface area contributed by atoms with Crippen molar-refractivity contribution in [1.29, 1.82) is 0 Å². The van der Waals surface area contributed by atoms with Crippen molar-refractivity contribution in [3.63, 3.8) is 0 Å². The number of nitrogens with one attached hydrogen (secondary N) is 1. The van der Waals surface area contributed by atoms with Gasteiger partial charge in [0.2, 0.25) is 0 Å². The molecule has 1 aromatic rings. The summed E-state index contributed by atoms with van der Waals surface area (Å²) >= 11 is 5.64. The number of thiocarbonyl (C=S) groups is 1. The van der Waals surface area contributed by atoms with E-state index in [4.69, 9.17) is 21.7 Å². The fourth-order valence-corrected chi connectivity index (χ4v) is 4.69. The second-order valence-corrected chi connectivity index (χ2v) is 8.55. The SMILES string of the molecule is CCCC1(CCN(C(C)C)C(C)C)CNC(=S)c2cc(OC)c(OC)cc21. The lowest BCUT2D eigenvalue weighted by Gasteiger charge is -2.43. The van der Waals surface area contributed by atoms with Gasteiger partial charge in [0.05, 0.1) is 14.2 Å². The van der Waals surface area contributed by atoms with E-state index in [9.17, 15) is 0 Å². The second-order valence-electron chi connectivity index (χ2n) is 8.14. The van der Waals surface area contributed by atoms with Gasteiger partial charge in [-0.2, -0.15) is 0 Å². The molecule has 0 saturated heterocycles. The third-order valence-electron chi connectivity index (χ3n) is 5.83. The van der Waals surface area contributed by atoms with Crippen molar-refractivity contribution in [2.45, 2.75) is 71.4 Å². The minimum Gasteiger partial charge on any atom is -0.493 e. The molecule has 1 aromatic carbocycles. The molecule has 0 amide bonds. The maximum atomic E-state index is 5.64. The predicted molar refractivity (Wildman–Crippen MR) is 117 cm³/mol. The zero-order valence-corrected chi connectivity index (χ0v) is 18.8. The summed E-state index contributed by atoms with van der Waals surface area (Å²) in [5, 5.41) is 3.50. The van der Waals surface area contributed by atoms with Gasteiger partial charge in [0.1, 0.15) is 4.99 Å². The molecule has 5 heteroatoms. The lowest BCUT2D eigenvalue weighted by atomic mass is 9.70. The molecule has 152 valence electrons. The molecule has 0 bridgehead atoms. The van der Waals surface area contributed by atoms with Crippen LogP contribution in [0, 0.1) is 0 Å². The molecule has 1 aliphatic heterocycles. The minimum absolute atomic E-state index is 0.0496. The lowest BCUT2D eigenvalue weighted by Crippen LogP contribution is -2.49. The highest BCUT2D eigenvalue weighted by Crippen LogP contribution is 2.43. The molecule has 0 radical (unpaired) electrons. The Balaban J connectivity index is 2.48. The second kappa shape index (κ2) is 9.24. The molecule has 0 fully saturated rings. The third-order valence-corrected chi connectivity index (χ3v) is 6.19. The first-order valence-corrected chi connectivity index (χ1v) is 10.5. The third kappa shape index (κ3) is 4.57. The van der Waals surface area contributed by atoms with Crippen LogP contribution in [0.15, 0.2) is 12.1 Å². The topological polar surface area (TPSA) is 33.7 Å². The standard InChI is InChI=1S/C22H36N2O2S/c1-8-9-22(10-11-24(15(2)3)16(4)5)14-23-21(27)17-12-19(25-6)20(26-7)13-18(17)22/h12-13,15-16H,8-11,14H2,1-7H3,(H,23,27). The average Bonchev–Trinajstić information content (AvgIpc) is 2.63. The maximum Gasteiger partial charge on any atom is 0.161 e. The molecule has 27 heavy (non-hydrogen) atoms. The van der Waals surface area contributed by atoms with Crippen molar-refractivity contribution in [3.05, 3.63) is 23.3 Å². The first-order chi connectivity index (χ1) is 12.8. The first-order valence-electron chi connectivity index (χ1n) is 10.1. The molecule has 0 aromatic heterocycles. The maximum absolute atomic E-state index is 5.64. The van der Waals surface area contributed by atoms with Crippen LogP contribution in [0.1, 0.15) is 65.0 Å². The molecule has 2 rings (SSSR count). The Hall–Kier alpha value is -1.33. The smallest absolute Gasteiger partial charge is 0.161 e. The molecule has 1 aliphatic rings. The van der Waals surface area contributed by atoms with E-state index in [1.807, 2.05) is 6.07 Å². The van der Waals surface area contributed by atoms with Gasteiger partial charge in [-0.3, -0.25) is 4.90 Å². The summed E-state index contributed by atoms with van der Waals surface area (Å²) in [5.41, 5.74) is 2.44. The van der Waals surface area contributed by atoms with Crippen molar-refractivity contribution in [3.8, 4) is 11.5 Å². The Labute approximate surface area is 170 Å². The fourth-order valence-electron chi connectivity index (χ4n) is 4.45. The molecule has 1 unspecified atom stereocenters. The monoisotopic (exact) mass is 392 g/mol. The van der Waals surface area contributed by atoms with Gasteiger partial charge in [0.25, 0.3) is 0 Å². The van der Waals surface area contributed by atoms with Crippen LogP contribution in [-0.4, -0.2) is 49.3 Å². The molecule has 1 heterocycles. The van der Waals surface area contributed by atoms with Crippen molar-refractivity contribution in [2.75, 3.05) is 27.3 Å². The van der Waals surface area contributed by atoms with Crippen LogP contribution in [0.4, 0.5) is 0 Å². The highest BCUT2D eigenvalue weighted by atomic mass is 32.1. The number of hydrogen-bond donors (Lipinski definition) is 1. The molecule has 0 spiro atoms. The Bertz CT molecular complexity index is 652. The number of methoxy groups -OCH3 is 2. The molecule has 0 saturated carbocycles. The van der Waals surface area contributed by atoms with E-state index >= 15 is 0 Å². The number of benzene rings is 1. The summed E-state index contributed by atoms with van der Waals surface area (Å²) in [6.45, 7) is 13.3. The summed E-state index contributed by atoms with van der Waals surface area (Å²) in [6.07, 6.45) is 3.34. The quantitative estimate of drug-likeness (QED) is 0.625. The molecule has 1 atom stereocenters. The van der Waals surface area contributed by atoms with Gasteiger partial charge in [-0.15, -0.1) is 0 Å². The van der Waals surface area contributed by atoms with Crippen LogP contribution in [0.5, 0.6) is 11.5 Å². The number of fused-ring (bicyclic) bond motifs is 1. The number of hydrogen-bond acceptors (Lipinski definition) is 4. The number of nitrogens with zero attached hydrogens (tertiary/aromatic N) is 1. The van der Waals surface area contributed by atoms with Crippen LogP contribution in [0.25, 0.3) is 0 Å². The van der Waals surface area contributed by atoms with Crippen molar-refractivity contribution < 1.29 is 9.47 Å². The van der Waals surface area contributed by atoms with Gasteiger partial charge in [0.15, 0.2) is 11.5 Å². The number of ether oxygens (including phenoxy) is 2. The van der Waals surface area contributed by atoms with Gasteiger partial charge in [-0.25, -0.2) is 0 Å². The van der Waals surface area contributed by atoms with Crippen molar-refractivity contribution >= 4 is 17.2 Å². The van der Waals surface area contributed by atoms with Crippen LogP contribution >= 0.6 is 12.2 Å². The van der Waals surface area contributed by atoms with Gasteiger partial charge < -0.3 is 14.8 Å². The van der Waals surface area contributed by atoms with Gasteiger partial charge >= 0.3 is 0 Å². The Kier molecular flexibility index (Phi) is 7.52. The Morgan fingerprint density at radius 3 is 2.19 bits per heavy atom. The normalized spacial score (nSPS) is 19.4. The molecular weight excluding hydrogens is 356 g/mol. The van der Waals surface area contributed by atoms with Crippen molar-refractivity contribution in [1.82, 2.24) is 10.2 Å². The fraction of sp³-hybridized carbons (Fsp3) is 0.682. The van der Waals surface area contributed by atoms with Crippen LogP contribution in [0.2, 0.25) is 0 Å². The van der Waals surface area contributed by atoms with E-state index in [-0.39, 0.29) is 5.41 Å². The summed E-state index contributed by atoms with van der Waals surface area (Å²) in [6, 6.07) is 5.26. The summed E-state index contributed by atoms with van der Waals surface area (Å²) < 4.78 is 11.1. The molecular formula is C22H36N2O2S. The van der Waals surface area contributed by atoms with E-state index in [1.165, 1.54) is 5.56 Å². The van der Waals surface area contributed by atoms with Gasteiger partial charge in [-0.1, -0.05) is 25.6 Å². The lowest BCUT2D eigenvalue weighted by molar-refractivity contribution is 0.152. The summed E-state index contributed by atoms with van der Waals surface area (Å²) in [5.74, 6) is 1.52. The van der Waals surface area contributed by atoms with E-state index in [2.05, 4.69) is 50.9 Å². The van der Waals surface area contributed by atoms with E-state index in [1.54, 1.807) is 14.2 Å². The van der Waals surface area contributed by atoms with Gasteiger partial charge in [-0.05, 0) is 64.8 Å². The Morgan fingerprint density at radius 1 is 1.07 bits per heavy atom. The van der Waals surface area contributed by atoms with Crippen LogP contribution in [0.3, 0.4) is 0 Å². The first kappa shape index (κ1) is 22.0. The summed E-state index contributed by atoms with van der Waals surface area (Å²) in [7, 11) is 3.37. The average molecular weight is 393 g/mol. The largest absolute Gasteiger partial charge is 0.493 e. The van der Waals surface area contributed by atoms with Gasteiger partial charge in [0, 0.05) is 29.6 Å². The number of rotatable bonds is 9. The molecule has 1 N–H and O–H groups in total. The van der Waals surface area contributed by atoms with Crippen LogP contribution in [-0.2, 0) is 5.41 Å². The predicted octanol–water partition coefficient (Wildman–Crippen LogP) is 4.53. The van der Waals surface area contributed by atoms with Crippen LogP contribution < -0.4 is 14.8 Å². The zero-order valence-electron chi connectivity index (χ0n) is 18.0. The molecule has 0 aliphatic carbocycles. The summed E-state index contributed by atoms with van der Waals surface area (Å²) in [4.78, 5) is 3.38. The minimum atomic E-state index is 0.0496. The highest BCUT2D eigenvalue weighted by Gasteiger charge is 2.39. The van der Waals surface area contributed by atoms with Crippen molar-refractivity contribution in [2.24, 2.45) is 0 Å². The van der Waals surface area contributed by atoms with E-state index in [0.717, 1.165) is 54.4 Å². The van der Waals surface area contributed by atoms with E-state index < -0.39 is 0 Å². The molecule has 4 nitrogen and oxygen atoms in total.